The van der Waals surface area contributed by atoms with Gasteiger partial charge in [-0.1, -0.05) is 12.1 Å². The highest BCUT2D eigenvalue weighted by molar-refractivity contribution is 7.89. The molecule has 34 heavy (non-hydrogen) atoms. The molecule has 0 radical (unpaired) electrons. The molecule has 1 aliphatic heterocycles. The van der Waals surface area contributed by atoms with Crippen LogP contribution in [0.25, 0.3) is 0 Å². The summed E-state index contributed by atoms with van der Waals surface area (Å²) in [5.41, 5.74) is 4.41. The fraction of sp³-hybridized carbons (Fsp3) is 0.400. The molecule has 1 saturated heterocycles. The maximum absolute atomic E-state index is 13.5. The van der Waals surface area contributed by atoms with E-state index in [0.717, 1.165) is 27.9 Å². The van der Waals surface area contributed by atoms with Crippen LogP contribution in [0.2, 0.25) is 0 Å². The van der Waals surface area contributed by atoms with Crippen molar-refractivity contribution in [2.24, 2.45) is 5.92 Å². The van der Waals surface area contributed by atoms with E-state index in [1.165, 1.54) is 4.31 Å². The zero-order valence-electron chi connectivity index (χ0n) is 20.1. The van der Waals surface area contributed by atoms with Gasteiger partial charge in [-0.15, -0.1) is 0 Å². The largest absolute Gasteiger partial charge is 0.309 e. The van der Waals surface area contributed by atoms with Crippen LogP contribution in [0, 0.1) is 33.6 Å². The molecule has 0 aliphatic carbocycles. The Morgan fingerprint density at radius 2 is 1.74 bits per heavy atom. The van der Waals surface area contributed by atoms with E-state index in [4.69, 9.17) is 0 Å². The number of aryl methyl sites for hydroxylation is 2. The lowest BCUT2D eigenvalue weighted by atomic mass is 9.97. The van der Waals surface area contributed by atoms with Crippen LogP contribution in [-0.4, -0.2) is 46.5 Å². The van der Waals surface area contributed by atoms with E-state index in [0.29, 0.717) is 43.2 Å². The van der Waals surface area contributed by atoms with Gasteiger partial charge in [0.05, 0.1) is 17.1 Å². The molecular formula is C25H31N5O3S. The number of nitrogens with zero attached hydrogens (tertiary/aromatic N) is 4. The fourth-order valence-corrected chi connectivity index (χ4v) is 6.50. The van der Waals surface area contributed by atoms with E-state index >= 15 is 0 Å². The molecule has 0 bridgehead atoms. The predicted octanol–water partition coefficient (Wildman–Crippen LogP) is 3.60. The fourth-order valence-electron chi connectivity index (χ4n) is 4.46. The van der Waals surface area contributed by atoms with Gasteiger partial charge < -0.3 is 5.32 Å². The summed E-state index contributed by atoms with van der Waals surface area (Å²) < 4.78 is 30.2. The molecule has 1 aliphatic rings. The van der Waals surface area contributed by atoms with Crippen LogP contribution in [-0.2, 0) is 21.4 Å². The molecule has 8 nitrogen and oxygen atoms in total. The van der Waals surface area contributed by atoms with Gasteiger partial charge in [-0.25, -0.2) is 8.42 Å². The maximum atomic E-state index is 13.5. The lowest BCUT2D eigenvalue weighted by Crippen LogP contribution is -2.42. The Morgan fingerprint density at radius 1 is 1.06 bits per heavy atom. The van der Waals surface area contributed by atoms with Crippen LogP contribution in [0.1, 0.15) is 40.8 Å². The first-order valence-electron chi connectivity index (χ1n) is 11.5. The smallest absolute Gasteiger partial charge is 0.243 e. The number of amides is 1. The average molecular weight is 482 g/mol. The Hall–Kier alpha value is -3.04. The highest BCUT2D eigenvalue weighted by Gasteiger charge is 2.34. The monoisotopic (exact) mass is 481 g/mol. The van der Waals surface area contributed by atoms with Crippen molar-refractivity contribution in [2.45, 2.75) is 52.0 Å². The van der Waals surface area contributed by atoms with Crippen molar-refractivity contribution in [1.29, 1.82) is 0 Å². The summed E-state index contributed by atoms with van der Waals surface area (Å²) in [5.74, 6) is 0.102. The molecule has 4 rings (SSSR count). The summed E-state index contributed by atoms with van der Waals surface area (Å²) in [6.07, 6.45) is 4.48. The molecule has 1 fully saturated rings. The van der Waals surface area contributed by atoms with E-state index in [9.17, 15) is 13.2 Å². The van der Waals surface area contributed by atoms with Gasteiger partial charge in [-0.2, -0.15) is 9.40 Å². The predicted molar refractivity (Wildman–Crippen MR) is 131 cm³/mol. The molecule has 0 saturated carbocycles. The van der Waals surface area contributed by atoms with Crippen LogP contribution in [0.3, 0.4) is 0 Å². The molecule has 1 aromatic carbocycles. The van der Waals surface area contributed by atoms with Crippen LogP contribution in [0.4, 0.5) is 5.82 Å². The van der Waals surface area contributed by atoms with E-state index in [1.807, 2.05) is 52.0 Å². The lowest BCUT2D eigenvalue weighted by molar-refractivity contribution is -0.120. The lowest BCUT2D eigenvalue weighted by Gasteiger charge is -2.31. The summed E-state index contributed by atoms with van der Waals surface area (Å²) in [7, 11) is -3.62. The van der Waals surface area contributed by atoms with Gasteiger partial charge in [0.1, 0.15) is 0 Å². The second kappa shape index (κ2) is 9.68. The number of carbonyl (C=O) groups is 1. The number of anilines is 1. The van der Waals surface area contributed by atoms with Gasteiger partial charge in [0.2, 0.25) is 15.9 Å². The van der Waals surface area contributed by atoms with Crippen molar-refractivity contribution >= 4 is 21.7 Å². The van der Waals surface area contributed by atoms with Crippen molar-refractivity contribution in [3.63, 3.8) is 0 Å². The highest BCUT2D eigenvalue weighted by atomic mass is 32.2. The summed E-state index contributed by atoms with van der Waals surface area (Å²) in [6.45, 7) is 8.76. The maximum Gasteiger partial charge on any atom is 0.243 e. The van der Waals surface area contributed by atoms with E-state index in [2.05, 4.69) is 15.4 Å². The summed E-state index contributed by atoms with van der Waals surface area (Å²) in [5, 5.41) is 7.29. The molecule has 0 atom stereocenters. The summed E-state index contributed by atoms with van der Waals surface area (Å²) in [6, 6.07) is 9.48. The number of carbonyl (C=O) groups excluding carboxylic acids is 1. The normalized spacial score (nSPS) is 15.4. The molecule has 9 heteroatoms. The van der Waals surface area contributed by atoms with Gasteiger partial charge in [0, 0.05) is 37.5 Å². The minimum atomic E-state index is -3.62. The molecule has 180 valence electrons. The van der Waals surface area contributed by atoms with Gasteiger partial charge >= 0.3 is 0 Å². The molecule has 3 heterocycles. The van der Waals surface area contributed by atoms with Gasteiger partial charge in [-0.05, 0) is 74.9 Å². The number of hydrogen-bond acceptors (Lipinski definition) is 5. The zero-order chi connectivity index (χ0) is 24.5. The molecule has 3 aromatic rings. The Morgan fingerprint density at radius 3 is 2.35 bits per heavy atom. The minimum absolute atomic E-state index is 0.126. The number of nitrogens with one attached hydrogen (secondary N) is 1. The number of hydrogen-bond donors (Lipinski definition) is 1. The number of piperidine rings is 1. The Labute approximate surface area is 201 Å². The van der Waals surface area contributed by atoms with Gasteiger partial charge in [-0.3, -0.25) is 14.5 Å². The first kappa shape index (κ1) is 24.1. The Kier molecular flexibility index (Phi) is 6.86. The molecule has 1 amide bonds. The van der Waals surface area contributed by atoms with E-state index in [-0.39, 0.29) is 11.8 Å². The van der Waals surface area contributed by atoms with Crippen molar-refractivity contribution in [3.05, 3.63) is 70.7 Å². The minimum Gasteiger partial charge on any atom is -0.309 e. The number of sulfonamides is 1. The SMILES string of the molecule is Cc1cc(C)c(C)c(S(=O)(=O)N2CCC(C(=O)Nc3ccn(Cc4ccccn4)n3)CC2)c1C. The van der Waals surface area contributed by atoms with E-state index in [1.54, 1.807) is 23.1 Å². The van der Waals surface area contributed by atoms with Crippen LogP contribution in [0.15, 0.2) is 47.6 Å². The number of benzene rings is 1. The van der Waals surface area contributed by atoms with Crippen LogP contribution in [0.5, 0.6) is 0 Å². The molecule has 0 unspecified atom stereocenters. The third-order valence-corrected chi connectivity index (χ3v) is 8.84. The molecule has 0 spiro atoms. The summed E-state index contributed by atoms with van der Waals surface area (Å²) in [4.78, 5) is 17.5. The Balaban J connectivity index is 1.38. The van der Waals surface area contributed by atoms with E-state index < -0.39 is 10.0 Å². The number of aromatic nitrogens is 3. The van der Waals surface area contributed by atoms with Crippen molar-refractivity contribution < 1.29 is 13.2 Å². The number of rotatable bonds is 6. The van der Waals surface area contributed by atoms with Crippen molar-refractivity contribution in [3.8, 4) is 0 Å². The summed E-state index contributed by atoms with van der Waals surface area (Å²) >= 11 is 0. The second-order valence-electron chi connectivity index (χ2n) is 8.98. The number of pyridine rings is 1. The second-order valence-corrected chi connectivity index (χ2v) is 10.9. The molecule has 2 aromatic heterocycles. The Bertz CT molecular complexity index is 1270. The van der Waals surface area contributed by atoms with Crippen LogP contribution >= 0.6 is 0 Å². The quantitative estimate of drug-likeness (QED) is 0.580. The van der Waals surface area contributed by atoms with Gasteiger partial charge in [0.15, 0.2) is 5.82 Å². The molecular weight excluding hydrogens is 450 g/mol. The highest BCUT2D eigenvalue weighted by Crippen LogP contribution is 2.31. The van der Waals surface area contributed by atoms with Crippen molar-refractivity contribution in [1.82, 2.24) is 19.1 Å². The van der Waals surface area contributed by atoms with Crippen molar-refractivity contribution in [2.75, 3.05) is 18.4 Å². The van der Waals surface area contributed by atoms with Crippen LogP contribution < -0.4 is 5.32 Å². The first-order chi connectivity index (χ1) is 16.2. The average Bonchev–Trinajstić information content (AvgIpc) is 3.25. The molecule has 1 N–H and O–H groups in total. The first-order valence-corrected chi connectivity index (χ1v) is 12.9. The third kappa shape index (κ3) is 4.90. The third-order valence-electron chi connectivity index (χ3n) is 6.66. The standard InChI is InChI=1S/C25H31N5O3S/c1-17-15-18(2)20(4)24(19(17)3)34(32,33)30-13-8-21(9-14-30)25(31)27-23-10-12-29(28-23)16-22-7-5-6-11-26-22/h5-7,10-12,15,21H,8-9,13-14,16H2,1-4H3,(H,27,28,31). The van der Waals surface area contributed by atoms with Gasteiger partial charge in [0.25, 0.3) is 0 Å². The zero-order valence-corrected chi connectivity index (χ0v) is 20.9. The topological polar surface area (TPSA) is 97.2 Å².